The van der Waals surface area contributed by atoms with E-state index in [4.69, 9.17) is 0 Å². The highest BCUT2D eigenvalue weighted by Gasteiger charge is 2.11. The molecule has 0 amide bonds. The average Bonchev–Trinajstić information content (AvgIpc) is 3.01. The zero-order valence-corrected chi connectivity index (χ0v) is 11.3. The van der Waals surface area contributed by atoms with E-state index in [1.807, 2.05) is 24.4 Å². The van der Waals surface area contributed by atoms with Crippen LogP contribution >= 0.6 is 0 Å². The largest absolute Gasteiger partial charge is 0.260 e. The summed E-state index contributed by atoms with van der Waals surface area (Å²) in [6, 6.07) is 7.92. The van der Waals surface area contributed by atoms with Gasteiger partial charge < -0.3 is 0 Å². The number of nitrogens with zero attached hydrogens (tertiary/aromatic N) is 5. The summed E-state index contributed by atoms with van der Waals surface area (Å²) in [5, 5.41) is 13.9. The van der Waals surface area contributed by atoms with Gasteiger partial charge in [0.25, 0.3) is 0 Å². The summed E-state index contributed by atoms with van der Waals surface area (Å²) in [4.78, 5) is 8.75. The minimum Gasteiger partial charge on any atom is -0.260 e. The molecule has 3 heterocycles. The van der Waals surface area contributed by atoms with Crippen LogP contribution in [0.3, 0.4) is 0 Å². The van der Waals surface area contributed by atoms with Gasteiger partial charge >= 0.3 is 0 Å². The van der Waals surface area contributed by atoms with Crippen molar-refractivity contribution in [1.82, 2.24) is 30.6 Å². The molecule has 0 aliphatic heterocycles. The third-order valence-corrected chi connectivity index (χ3v) is 3.03. The zero-order chi connectivity index (χ0) is 13.9. The summed E-state index contributed by atoms with van der Waals surface area (Å²) in [5.41, 5.74) is 3.92. The second-order valence-corrected chi connectivity index (χ2v) is 4.76. The maximum atomic E-state index is 4.48. The van der Waals surface area contributed by atoms with E-state index >= 15 is 0 Å². The first kappa shape index (κ1) is 12.4. The van der Waals surface area contributed by atoms with Crippen molar-refractivity contribution in [2.75, 3.05) is 0 Å². The fourth-order valence-electron chi connectivity index (χ4n) is 2.11. The van der Waals surface area contributed by atoms with Crippen molar-refractivity contribution in [2.45, 2.75) is 19.8 Å². The normalized spacial score (nSPS) is 10.9. The predicted octanol–water partition coefficient (Wildman–Crippen LogP) is 2.45. The van der Waals surface area contributed by atoms with Crippen molar-refractivity contribution in [3.63, 3.8) is 0 Å². The maximum Gasteiger partial charge on any atom is 0.222 e. The maximum absolute atomic E-state index is 4.48. The first-order valence-corrected chi connectivity index (χ1v) is 6.41. The summed E-state index contributed by atoms with van der Waals surface area (Å²) in [7, 11) is 0. The Morgan fingerprint density at radius 3 is 2.75 bits per heavy atom. The molecule has 0 aliphatic rings. The molecule has 0 saturated heterocycles. The number of pyridine rings is 2. The van der Waals surface area contributed by atoms with Gasteiger partial charge in [-0.15, -0.1) is 10.2 Å². The highest BCUT2D eigenvalue weighted by atomic mass is 15.5. The summed E-state index contributed by atoms with van der Waals surface area (Å²) >= 11 is 0. The lowest BCUT2D eigenvalue weighted by atomic mass is 9.98. The molecular formula is C14H14N6. The number of rotatable bonds is 3. The van der Waals surface area contributed by atoms with Crippen LogP contribution < -0.4 is 0 Å². The molecule has 0 aromatic carbocycles. The highest BCUT2D eigenvalue weighted by Crippen LogP contribution is 2.28. The van der Waals surface area contributed by atoms with Crippen LogP contribution in [-0.4, -0.2) is 30.6 Å². The Morgan fingerprint density at radius 2 is 2.00 bits per heavy atom. The molecule has 1 N–H and O–H groups in total. The molecule has 0 aliphatic carbocycles. The van der Waals surface area contributed by atoms with Crippen LogP contribution in [0.15, 0.2) is 36.7 Å². The molecule has 6 nitrogen and oxygen atoms in total. The summed E-state index contributed by atoms with van der Waals surface area (Å²) in [6.07, 6.45) is 3.57. The average molecular weight is 266 g/mol. The molecule has 3 rings (SSSR count). The molecule has 0 atom stereocenters. The summed E-state index contributed by atoms with van der Waals surface area (Å²) in [5.74, 6) is 0.842. The molecular weight excluding hydrogens is 252 g/mol. The Kier molecular flexibility index (Phi) is 3.20. The van der Waals surface area contributed by atoms with Crippen molar-refractivity contribution >= 4 is 0 Å². The molecule has 3 aromatic heterocycles. The standard InChI is InChI=1S/C14H14N6/c1-9(2)13-11(4-3-6-16-13)10-5-7-15-12(8-10)14-17-19-20-18-14/h3-9H,1-2H3,(H,17,18,19,20). The number of hydrogen-bond donors (Lipinski definition) is 1. The van der Waals surface area contributed by atoms with Gasteiger partial charge in [0.2, 0.25) is 5.82 Å². The minimum absolute atomic E-state index is 0.355. The fourth-order valence-corrected chi connectivity index (χ4v) is 2.11. The van der Waals surface area contributed by atoms with Crippen LogP contribution in [0.2, 0.25) is 0 Å². The first-order chi connectivity index (χ1) is 9.75. The lowest BCUT2D eigenvalue weighted by molar-refractivity contribution is 0.825. The van der Waals surface area contributed by atoms with E-state index in [0.717, 1.165) is 16.8 Å². The van der Waals surface area contributed by atoms with Gasteiger partial charge in [0.1, 0.15) is 5.69 Å². The Bertz CT molecular complexity index is 705. The van der Waals surface area contributed by atoms with E-state index < -0.39 is 0 Å². The van der Waals surface area contributed by atoms with Gasteiger partial charge in [-0.3, -0.25) is 9.97 Å². The number of nitrogens with one attached hydrogen (secondary N) is 1. The van der Waals surface area contributed by atoms with E-state index in [2.05, 4.69) is 50.5 Å². The quantitative estimate of drug-likeness (QED) is 0.787. The molecule has 20 heavy (non-hydrogen) atoms. The number of aromatic nitrogens is 6. The molecule has 100 valence electrons. The van der Waals surface area contributed by atoms with Gasteiger partial charge in [0.15, 0.2) is 0 Å². The smallest absolute Gasteiger partial charge is 0.222 e. The molecule has 6 heteroatoms. The van der Waals surface area contributed by atoms with Gasteiger partial charge in [-0.05, 0) is 34.9 Å². The third-order valence-electron chi connectivity index (χ3n) is 3.03. The van der Waals surface area contributed by atoms with Gasteiger partial charge in [0, 0.05) is 18.0 Å². The van der Waals surface area contributed by atoms with Crippen LogP contribution in [0.4, 0.5) is 0 Å². The zero-order valence-electron chi connectivity index (χ0n) is 11.3. The Labute approximate surface area is 116 Å². The van der Waals surface area contributed by atoms with Crippen LogP contribution in [-0.2, 0) is 0 Å². The van der Waals surface area contributed by atoms with Crippen molar-refractivity contribution in [3.05, 3.63) is 42.4 Å². The van der Waals surface area contributed by atoms with Gasteiger partial charge in [0.05, 0.1) is 5.69 Å². The molecule has 0 bridgehead atoms. The number of aromatic amines is 1. The third kappa shape index (κ3) is 2.27. The lowest BCUT2D eigenvalue weighted by Crippen LogP contribution is -1.96. The fraction of sp³-hybridized carbons (Fsp3) is 0.214. The second-order valence-electron chi connectivity index (χ2n) is 4.76. The van der Waals surface area contributed by atoms with E-state index in [1.165, 1.54) is 0 Å². The Morgan fingerprint density at radius 1 is 1.10 bits per heavy atom. The molecule has 3 aromatic rings. The molecule has 0 fully saturated rings. The summed E-state index contributed by atoms with van der Waals surface area (Å²) < 4.78 is 0. The van der Waals surface area contributed by atoms with E-state index in [1.54, 1.807) is 6.20 Å². The van der Waals surface area contributed by atoms with Gasteiger partial charge in [-0.2, -0.15) is 5.21 Å². The number of H-pyrrole nitrogens is 1. The van der Waals surface area contributed by atoms with E-state index in [9.17, 15) is 0 Å². The van der Waals surface area contributed by atoms with Crippen molar-refractivity contribution in [1.29, 1.82) is 0 Å². The van der Waals surface area contributed by atoms with Crippen molar-refractivity contribution in [3.8, 4) is 22.6 Å². The molecule has 0 saturated carbocycles. The topological polar surface area (TPSA) is 80.2 Å². The Hall–Kier alpha value is -2.63. The van der Waals surface area contributed by atoms with E-state index in [-0.39, 0.29) is 0 Å². The van der Waals surface area contributed by atoms with Crippen molar-refractivity contribution < 1.29 is 0 Å². The van der Waals surface area contributed by atoms with Crippen LogP contribution in [0.1, 0.15) is 25.5 Å². The number of tetrazole rings is 1. The predicted molar refractivity (Wildman–Crippen MR) is 74.7 cm³/mol. The van der Waals surface area contributed by atoms with Crippen molar-refractivity contribution in [2.24, 2.45) is 0 Å². The Balaban J connectivity index is 2.10. The summed E-state index contributed by atoms with van der Waals surface area (Å²) in [6.45, 7) is 4.26. The first-order valence-electron chi connectivity index (χ1n) is 6.41. The second kappa shape index (κ2) is 5.16. The lowest BCUT2D eigenvalue weighted by Gasteiger charge is -2.11. The number of hydrogen-bond acceptors (Lipinski definition) is 5. The minimum atomic E-state index is 0.355. The van der Waals surface area contributed by atoms with Crippen LogP contribution in [0.25, 0.3) is 22.6 Å². The van der Waals surface area contributed by atoms with E-state index in [0.29, 0.717) is 17.4 Å². The highest BCUT2D eigenvalue weighted by molar-refractivity contribution is 5.69. The van der Waals surface area contributed by atoms with Gasteiger partial charge in [-0.25, -0.2) is 0 Å². The van der Waals surface area contributed by atoms with Gasteiger partial charge in [-0.1, -0.05) is 19.9 Å². The molecule has 0 radical (unpaired) electrons. The van der Waals surface area contributed by atoms with Crippen LogP contribution in [0, 0.1) is 0 Å². The molecule has 0 unspecified atom stereocenters. The monoisotopic (exact) mass is 266 g/mol. The molecule has 0 spiro atoms. The SMILES string of the molecule is CC(C)c1ncccc1-c1ccnc(-c2nn[nH]n2)c1. The van der Waals surface area contributed by atoms with Crippen LogP contribution in [0.5, 0.6) is 0 Å².